The Bertz CT molecular complexity index is 782. The van der Waals surface area contributed by atoms with Crippen molar-refractivity contribution in [1.29, 1.82) is 0 Å². The minimum absolute atomic E-state index is 0.578. The van der Waals surface area contributed by atoms with E-state index in [0.717, 1.165) is 18.7 Å². The van der Waals surface area contributed by atoms with Crippen LogP contribution in [-0.4, -0.2) is 32.8 Å². The van der Waals surface area contributed by atoms with Gasteiger partial charge in [-0.3, -0.25) is 4.55 Å². The summed E-state index contributed by atoms with van der Waals surface area (Å²) in [4.78, 5) is 0. The molecule has 0 aliphatic heterocycles. The van der Waals surface area contributed by atoms with Crippen LogP contribution in [0.25, 0.3) is 0 Å². The van der Waals surface area contributed by atoms with E-state index in [1.807, 2.05) is 13.1 Å². The van der Waals surface area contributed by atoms with Crippen molar-refractivity contribution >= 4 is 26.0 Å². The molecule has 0 spiro atoms. The Morgan fingerprint density at radius 2 is 2.08 bits per heavy atom. The molecule has 1 aromatic carbocycles. The van der Waals surface area contributed by atoms with Crippen LogP contribution in [0.4, 0.5) is 0 Å². The van der Waals surface area contributed by atoms with E-state index in [4.69, 9.17) is 8.97 Å². The molecular weight excluding hydrogens is 418 g/mol. The summed E-state index contributed by atoms with van der Waals surface area (Å²) in [6.07, 6.45) is 7.24. The molecule has 1 aliphatic rings. The van der Waals surface area contributed by atoms with Crippen LogP contribution >= 0.6 is 15.9 Å². The van der Waals surface area contributed by atoms with Crippen LogP contribution in [0.5, 0.6) is 0 Å². The number of benzene rings is 1. The van der Waals surface area contributed by atoms with E-state index in [1.165, 1.54) is 34.9 Å². The fraction of sp³-hybridized carbons (Fsp3) is 0.474. The van der Waals surface area contributed by atoms with E-state index in [9.17, 15) is 8.42 Å². The molecule has 5 nitrogen and oxygen atoms in total. The van der Waals surface area contributed by atoms with Crippen molar-refractivity contribution in [2.45, 2.75) is 31.6 Å². The summed E-state index contributed by atoms with van der Waals surface area (Å²) in [5.74, 6) is 2.29. The van der Waals surface area contributed by atoms with Crippen LogP contribution in [0.2, 0.25) is 0 Å². The van der Waals surface area contributed by atoms with Gasteiger partial charge in [-0.2, -0.15) is 8.42 Å². The van der Waals surface area contributed by atoms with E-state index < -0.39 is 10.1 Å². The first-order valence-corrected chi connectivity index (χ1v) is 11.3. The van der Waals surface area contributed by atoms with Gasteiger partial charge in [0.05, 0.1) is 12.5 Å². The zero-order valence-electron chi connectivity index (χ0n) is 15.1. The Labute approximate surface area is 164 Å². The quantitative estimate of drug-likeness (QED) is 0.681. The summed E-state index contributed by atoms with van der Waals surface area (Å²) in [5.41, 5.74) is 3.04. The van der Waals surface area contributed by atoms with E-state index in [-0.39, 0.29) is 0 Å². The summed E-state index contributed by atoms with van der Waals surface area (Å²) in [6, 6.07) is 10.7. The molecule has 2 atom stereocenters. The number of furan rings is 1. The average Bonchev–Trinajstić information content (AvgIpc) is 3.06. The van der Waals surface area contributed by atoms with Crippen LogP contribution in [0.1, 0.15) is 35.6 Å². The number of hydrogen-bond donors (Lipinski definition) is 2. The highest BCUT2D eigenvalue weighted by atomic mass is 79.9. The fourth-order valence-corrected chi connectivity index (χ4v) is 4.22. The van der Waals surface area contributed by atoms with Gasteiger partial charge in [-0.15, -0.1) is 0 Å². The van der Waals surface area contributed by atoms with Crippen LogP contribution < -0.4 is 5.32 Å². The maximum atomic E-state index is 9.19. The second-order valence-electron chi connectivity index (χ2n) is 6.64. The number of hydrogen-bond acceptors (Lipinski definition) is 4. The van der Waals surface area contributed by atoms with Gasteiger partial charge in [0, 0.05) is 10.9 Å². The molecule has 0 fully saturated rings. The molecule has 3 rings (SSSR count). The summed E-state index contributed by atoms with van der Waals surface area (Å²) < 4.78 is 32.7. The van der Waals surface area contributed by atoms with Crippen molar-refractivity contribution in [2.75, 3.05) is 19.8 Å². The molecule has 26 heavy (non-hydrogen) atoms. The molecule has 2 unspecified atom stereocenters. The molecule has 0 saturated heterocycles. The van der Waals surface area contributed by atoms with Crippen molar-refractivity contribution < 1.29 is 17.4 Å². The van der Waals surface area contributed by atoms with Gasteiger partial charge in [0.25, 0.3) is 10.1 Å². The lowest BCUT2D eigenvalue weighted by Crippen LogP contribution is -2.29. The average molecular weight is 444 g/mol. The van der Waals surface area contributed by atoms with Gasteiger partial charge in [-0.25, -0.2) is 0 Å². The van der Waals surface area contributed by atoms with E-state index in [1.54, 1.807) is 6.26 Å². The highest BCUT2D eigenvalue weighted by molar-refractivity contribution is 9.10. The SMILES string of the molecule is CNCC(Cc1ccco1)C1CCCc2c(Br)cccc21.CS(=O)(=O)O. The van der Waals surface area contributed by atoms with E-state index >= 15 is 0 Å². The summed E-state index contributed by atoms with van der Waals surface area (Å²) in [6.45, 7) is 1.03. The molecule has 0 amide bonds. The van der Waals surface area contributed by atoms with Crippen LogP contribution in [0.3, 0.4) is 0 Å². The third-order valence-electron chi connectivity index (χ3n) is 4.58. The van der Waals surface area contributed by atoms with Gasteiger partial charge in [0.15, 0.2) is 0 Å². The lowest BCUT2D eigenvalue weighted by molar-refractivity contribution is 0.341. The fourth-order valence-electron chi connectivity index (χ4n) is 3.64. The first-order valence-electron chi connectivity index (χ1n) is 8.66. The van der Waals surface area contributed by atoms with E-state index in [0.29, 0.717) is 18.1 Å². The number of nitrogens with one attached hydrogen (secondary N) is 1. The Morgan fingerprint density at radius 3 is 2.69 bits per heavy atom. The predicted octanol–water partition coefficient (Wildman–Crippen LogP) is 4.04. The zero-order valence-corrected chi connectivity index (χ0v) is 17.5. The van der Waals surface area contributed by atoms with Crippen molar-refractivity contribution in [3.63, 3.8) is 0 Å². The first kappa shape index (κ1) is 21.2. The monoisotopic (exact) mass is 443 g/mol. The van der Waals surface area contributed by atoms with Gasteiger partial charge in [-0.05, 0) is 74.0 Å². The lowest BCUT2D eigenvalue weighted by atomic mass is 9.74. The Kier molecular flexibility index (Phi) is 7.88. The van der Waals surface area contributed by atoms with Gasteiger partial charge >= 0.3 is 0 Å². The second-order valence-corrected chi connectivity index (χ2v) is 8.96. The molecule has 1 aliphatic carbocycles. The van der Waals surface area contributed by atoms with Gasteiger partial charge < -0.3 is 9.73 Å². The molecule has 144 valence electrons. The Hall–Kier alpha value is -1.15. The minimum Gasteiger partial charge on any atom is -0.469 e. The lowest BCUT2D eigenvalue weighted by Gasteiger charge is -2.32. The zero-order chi connectivity index (χ0) is 19.2. The topological polar surface area (TPSA) is 79.5 Å². The van der Waals surface area contributed by atoms with Gasteiger partial charge in [-0.1, -0.05) is 28.1 Å². The highest BCUT2D eigenvalue weighted by Crippen LogP contribution is 2.40. The molecule has 0 bridgehead atoms. The molecule has 0 saturated carbocycles. The van der Waals surface area contributed by atoms with Crippen LogP contribution in [0.15, 0.2) is 45.5 Å². The maximum Gasteiger partial charge on any atom is 0.261 e. The Balaban J connectivity index is 0.000000431. The summed E-state index contributed by atoms with van der Waals surface area (Å²) in [7, 11) is -1.63. The minimum atomic E-state index is -3.67. The van der Waals surface area contributed by atoms with Crippen LogP contribution in [-0.2, 0) is 23.0 Å². The molecular formula is C19H26BrNO4S. The van der Waals surface area contributed by atoms with Crippen molar-refractivity contribution in [3.05, 3.63) is 58.0 Å². The molecule has 0 radical (unpaired) electrons. The number of fused-ring (bicyclic) bond motifs is 1. The maximum absolute atomic E-state index is 9.19. The predicted molar refractivity (Wildman–Crippen MR) is 107 cm³/mol. The third-order valence-corrected chi connectivity index (χ3v) is 5.32. The number of rotatable bonds is 5. The standard InChI is InChI=1S/C18H22BrNO.CH4O3S/c1-20-12-13(11-14-5-4-10-21-14)15-6-2-8-17-16(15)7-3-9-18(17)19;1-5(2,3)4/h3-5,7,9-10,13,15,20H,2,6,8,11-12H2,1H3;1H3,(H,2,3,4). The second kappa shape index (κ2) is 9.69. The largest absolute Gasteiger partial charge is 0.469 e. The molecule has 2 N–H and O–H groups in total. The van der Waals surface area contributed by atoms with Gasteiger partial charge in [0.1, 0.15) is 5.76 Å². The third kappa shape index (κ3) is 6.54. The molecule has 7 heteroatoms. The van der Waals surface area contributed by atoms with E-state index in [2.05, 4.69) is 45.5 Å². The summed E-state index contributed by atoms with van der Waals surface area (Å²) in [5, 5.41) is 3.37. The first-order chi connectivity index (χ1) is 12.3. The van der Waals surface area contributed by atoms with Crippen LogP contribution in [0, 0.1) is 5.92 Å². The summed E-state index contributed by atoms with van der Waals surface area (Å²) >= 11 is 3.72. The van der Waals surface area contributed by atoms with Gasteiger partial charge in [0.2, 0.25) is 0 Å². The highest BCUT2D eigenvalue weighted by Gasteiger charge is 2.29. The molecule has 1 aromatic heterocycles. The Morgan fingerprint density at radius 1 is 1.35 bits per heavy atom. The normalized spacial score (nSPS) is 17.8. The molecule has 2 aromatic rings. The smallest absolute Gasteiger partial charge is 0.261 e. The van der Waals surface area contributed by atoms with Crippen molar-refractivity contribution in [2.24, 2.45) is 5.92 Å². The molecule has 1 heterocycles. The number of halogens is 1. The van der Waals surface area contributed by atoms with Crippen molar-refractivity contribution in [1.82, 2.24) is 5.32 Å². The van der Waals surface area contributed by atoms with Crippen molar-refractivity contribution in [3.8, 4) is 0 Å².